The van der Waals surface area contributed by atoms with Gasteiger partial charge in [-0.2, -0.15) is 5.10 Å². The second-order valence-electron chi connectivity index (χ2n) is 6.62. The van der Waals surface area contributed by atoms with Crippen molar-refractivity contribution in [3.63, 3.8) is 0 Å². The van der Waals surface area contributed by atoms with Crippen LogP contribution in [0.4, 0.5) is 11.4 Å². The fourth-order valence-corrected chi connectivity index (χ4v) is 2.38. The molecule has 0 unspecified atom stereocenters. The third kappa shape index (κ3) is 7.45. The summed E-state index contributed by atoms with van der Waals surface area (Å²) in [5.74, 6) is -1.96. The highest BCUT2D eigenvalue weighted by Gasteiger charge is 2.13. The SMILES string of the molecule is CC(CC(=O)Nc1ccc(N(C)C)cc1)=NNC(=O)C(=O)NCc1ccccc1. The molecule has 0 spiro atoms. The van der Waals surface area contributed by atoms with E-state index in [1.165, 1.54) is 0 Å². The Bertz CT molecular complexity index is 877. The van der Waals surface area contributed by atoms with Gasteiger partial charge >= 0.3 is 11.8 Å². The largest absolute Gasteiger partial charge is 0.378 e. The van der Waals surface area contributed by atoms with Gasteiger partial charge in [-0.3, -0.25) is 14.4 Å². The summed E-state index contributed by atoms with van der Waals surface area (Å²) >= 11 is 0. The molecule has 2 rings (SSSR count). The van der Waals surface area contributed by atoms with Crippen LogP contribution in [0.2, 0.25) is 0 Å². The molecule has 0 aliphatic heterocycles. The van der Waals surface area contributed by atoms with Crippen LogP contribution in [0.5, 0.6) is 0 Å². The molecule has 0 saturated heterocycles. The highest BCUT2D eigenvalue weighted by molar-refractivity contribution is 6.35. The molecule has 0 atom stereocenters. The summed E-state index contributed by atoms with van der Waals surface area (Å²) in [6.07, 6.45) is -0.0126. The minimum atomic E-state index is -0.889. The molecule has 0 radical (unpaired) electrons. The van der Waals surface area contributed by atoms with Gasteiger partial charge in [-0.1, -0.05) is 30.3 Å². The number of nitrogens with zero attached hydrogens (tertiary/aromatic N) is 2. The first-order valence-corrected chi connectivity index (χ1v) is 9.07. The molecule has 0 aromatic heterocycles. The highest BCUT2D eigenvalue weighted by atomic mass is 16.2. The van der Waals surface area contributed by atoms with Crippen LogP contribution in [0.25, 0.3) is 0 Å². The fourth-order valence-electron chi connectivity index (χ4n) is 2.38. The molecule has 0 bridgehead atoms. The van der Waals surface area contributed by atoms with Crippen molar-refractivity contribution in [1.29, 1.82) is 0 Å². The van der Waals surface area contributed by atoms with E-state index in [9.17, 15) is 14.4 Å². The lowest BCUT2D eigenvalue weighted by atomic mass is 10.2. The van der Waals surface area contributed by atoms with Crippen molar-refractivity contribution in [1.82, 2.24) is 10.7 Å². The van der Waals surface area contributed by atoms with Crippen molar-refractivity contribution < 1.29 is 14.4 Å². The number of hydrogen-bond donors (Lipinski definition) is 3. The average Bonchev–Trinajstić information content (AvgIpc) is 2.71. The van der Waals surface area contributed by atoms with Crippen LogP contribution in [0.3, 0.4) is 0 Å². The lowest BCUT2D eigenvalue weighted by Crippen LogP contribution is -2.37. The van der Waals surface area contributed by atoms with Crippen molar-refractivity contribution in [3.05, 3.63) is 60.2 Å². The smallest absolute Gasteiger partial charge is 0.329 e. The van der Waals surface area contributed by atoms with Gasteiger partial charge in [0.05, 0.1) is 6.42 Å². The molecule has 8 nitrogen and oxygen atoms in total. The van der Waals surface area contributed by atoms with E-state index < -0.39 is 11.8 Å². The molecule has 0 aliphatic carbocycles. The summed E-state index contributed by atoms with van der Waals surface area (Å²) in [6, 6.07) is 16.6. The van der Waals surface area contributed by atoms with Crippen molar-refractivity contribution in [2.75, 3.05) is 24.3 Å². The first-order chi connectivity index (χ1) is 13.8. The molecule has 8 heteroatoms. The molecule has 29 heavy (non-hydrogen) atoms. The Morgan fingerprint density at radius 2 is 1.59 bits per heavy atom. The van der Waals surface area contributed by atoms with Gasteiger partial charge in [0.25, 0.3) is 0 Å². The summed E-state index contributed by atoms with van der Waals surface area (Å²) in [4.78, 5) is 37.6. The van der Waals surface area contributed by atoms with E-state index >= 15 is 0 Å². The van der Waals surface area contributed by atoms with Crippen LogP contribution >= 0.6 is 0 Å². The van der Waals surface area contributed by atoms with Gasteiger partial charge in [-0.15, -0.1) is 0 Å². The van der Waals surface area contributed by atoms with E-state index in [2.05, 4.69) is 21.2 Å². The standard InChI is InChI=1S/C21H25N5O3/c1-15(13-19(27)23-17-9-11-18(12-10-17)26(2)3)24-25-21(29)20(28)22-14-16-7-5-4-6-8-16/h4-12H,13-14H2,1-3H3,(H,22,28)(H,23,27)(H,25,29). The number of hydrazone groups is 1. The molecule has 2 aromatic rings. The minimum absolute atomic E-state index is 0.0126. The maximum absolute atomic E-state index is 12.1. The number of nitrogens with one attached hydrogen (secondary N) is 3. The molecule has 2 aromatic carbocycles. The van der Waals surface area contributed by atoms with Gasteiger partial charge in [0.15, 0.2) is 0 Å². The lowest BCUT2D eigenvalue weighted by Gasteiger charge is -2.13. The number of amides is 3. The van der Waals surface area contributed by atoms with Crippen molar-refractivity contribution in [3.8, 4) is 0 Å². The summed E-state index contributed by atoms with van der Waals surface area (Å²) in [7, 11) is 3.87. The molecule has 0 fully saturated rings. The molecule has 0 aliphatic rings. The molecule has 152 valence electrons. The van der Waals surface area contributed by atoms with Crippen LogP contribution in [0, 0.1) is 0 Å². The monoisotopic (exact) mass is 395 g/mol. The molecule has 3 amide bonds. The van der Waals surface area contributed by atoms with Gasteiger partial charge in [0, 0.05) is 37.7 Å². The van der Waals surface area contributed by atoms with E-state index in [1.54, 1.807) is 19.1 Å². The first-order valence-electron chi connectivity index (χ1n) is 9.07. The van der Waals surface area contributed by atoms with E-state index in [4.69, 9.17) is 0 Å². The average molecular weight is 395 g/mol. The van der Waals surface area contributed by atoms with Crippen molar-refractivity contribution >= 4 is 34.8 Å². The predicted molar refractivity (Wildman–Crippen MR) is 114 cm³/mol. The zero-order valence-electron chi connectivity index (χ0n) is 16.7. The van der Waals surface area contributed by atoms with Gasteiger partial charge in [0.1, 0.15) is 0 Å². The van der Waals surface area contributed by atoms with Crippen LogP contribution in [0.1, 0.15) is 18.9 Å². The second-order valence-corrected chi connectivity index (χ2v) is 6.62. The number of hydrogen-bond acceptors (Lipinski definition) is 5. The zero-order valence-corrected chi connectivity index (χ0v) is 16.7. The van der Waals surface area contributed by atoms with Crippen LogP contribution in [-0.4, -0.2) is 37.5 Å². The minimum Gasteiger partial charge on any atom is -0.378 e. The fraction of sp³-hybridized carbons (Fsp3) is 0.238. The Morgan fingerprint density at radius 3 is 2.21 bits per heavy atom. The number of carbonyl (C=O) groups is 3. The van der Waals surface area contributed by atoms with E-state index in [1.807, 2.05) is 61.5 Å². The van der Waals surface area contributed by atoms with Gasteiger partial charge in [0.2, 0.25) is 5.91 Å². The summed E-state index contributed by atoms with van der Waals surface area (Å²) in [5.41, 5.74) is 5.10. The molecular weight excluding hydrogens is 370 g/mol. The molecular formula is C21H25N5O3. The van der Waals surface area contributed by atoms with E-state index in [-0.39, 0.29) is 18.9 Å². The maximum atomic E-state index is 12.1. The normalized spacial score (nSPS) is 10.8. The highest BCUT2D eigenvalue weighted by Crippen LogP contribution is 2.15. The predicted octanol–water partition coefficient (Wildman–Crippen LogP) is 1.89. The lowest BCUT2D eigenvalue weighted by molar-refractivity contribution is -0.139. The quantitative estimate of drug-likeness (QED) is 0.378. The third-order valence-corrected chi connectivity index (χ3v) is 3.93. The van der Waals surface area contributed by atoms with E-state index in [0.717, 1.165) is 11.3 Å². The number of benzene rings is 2. The number of carbonyl (C=O) groups excluding carboxylic acids is 3. The number of anilines is 2. The van der Waals surface area contributed by atoms with Gasteiger partial charge in [-0.05, 0) is 36.8 Å². The topological polar surface area (TPSA) is 103 Å². The summed E-state index contributed by atoms with van der Waals surface area (Å²) < 4.78 is 0. The van der Waals surface area contributed by atoms with Gasteiger partial charge < -0.3 is 15.5 Å². The third-order valence-electron chi connectivity index (χ3n) is 3.93. The molecule has 0 heterocycles. The number of rotatable bonds is 7. The van der Waals surface area contributed by atoms with Crippen LogP contribution in [0.15, 0.2) is 59.7 Å². The Hall–Kier alpha value is -3.68. The zero-order chi connectivity index (χ0) is 21.2. The van der Waals surface area contributed by atoms with Crippen LogP contribution in [-0.2, 0) is 20.9 Å². The Balaban J connectivity index is 1.77. The first kappa shape index (κ1) is 21.6. The second kappa shape index (κ2) is 10.6. The van der Waals surface area contributed by atoms with Gasteiger partial charge in [-0.25, -0.2) is 5.43 Å². The van der Waals surface area contributed by atoms with Crippen molar-refractivity contribution in [2.24, 2.45) is 5.10 Å². The summed E-state index contributed by atoms with van der Waals surface area (Å²) in [6.45, 7) is 1.84. The van der Waals surface area contributed by atoms with Crippen LogP contribution < -0.4 is 21.0 Å². The Labute approximate surface area is 170 Å². The Morgan fingerprint density at radius 1 is 0.931 bits per heavy atom. The summed E-state index contributed by atoms with van der Waals surface area (Å²) in [5, 5.41) is 9.07. The Kier molecular flexibility index (Phi) is 7.90. The van der Waals surface area contributed by atoms with E-state index in [0.29, 0.717) is 11.4 Å². The van der Waals surface area contributed by atoms with Crippen molar-refractivity contribution in [2.45, 2.75) is 19.9 Å². The molecule has 3 N–H and O–H groups in total. The maximum Gasteiger partial charge on any atom is 0.329 e. The molecule has 0 saturated carbocycles.